The van der Waals surface area contributed by atoms with E-state index in [0.29, 0.717) is 11.5 Å². The van der Waals surface area contributed by atoms with Gasteiger partial charge in [0, 0.05) is 43.2 Å². The van der Waals surface area contributed by atoms with Gasteiger partial charge in [-0.05, 0) is 24.7 Å². The Morgan fingerprint density at radius 3 is 2.47 bits per heavy atom. The highest BCUT2D eigenvalue weighted by atomic mass is 32.2. The van der Waals surface area contributed by atoms with Gasteiger partial charge in [0.05, 0.1) is 0 Å². The molecule has 0 bridgehead atoms. The zero-order valence-corrected chi connectivity index (χ0v) is 14.5. The van der Waals surface area contributed by atoms with E-state index in [4.69, 9.17) is 0 Å². The summed E-state index contributed by atoms with van der Waals surface area (Å²) in [4.78, 5) is 2.72. The van der Waals surface area contributed by atoms with Crippen molar-refractivity contribution in [1.82, 2.24) is 10.2 Å². The molecule has 1 saturated heterocycles. The largest absolute Gasteiger partial charge is 0.314 e. The second-order valence-electron chi connectivity index (χ2n) is 6.38. The smallest absolute Gasteiger partial charge is 0.0172 e. The monoisotopic (exact) mass is 286 g/mol. The maximum atomic E-state index is 3.67. The third-order valence-corrected chi connectivity index (χ3v) is 5.99. The molecule has 0 aromatic carbocycles. The van der Waals surface area contributed by atoms with Crippen molar-refractivity contribution in [1.29, 1.82) is 0 Å². The third kappa shape index (κ3) is 5.65. The summed E-state index contributed by atoms with van der Waals surface area (Å²) in [5, 5.41) is 4.53. The van der Waals surface area contributed by atoms with E-state index in [-0.39, 0.29) is 0 Å². The molecule has 3 heteroatoms. The average Bonchev–Trinajstić information content (AvgIpc) is 2.43. The summed E-state index contributed by atoms with van der Waals surface area (Å²) in [6.45, 7) is 16.6. The summed E-state index contributed by atoms with van der Waals surface area (Å²) in [6, 6.07) is 0.595. The van der Waals surface area contributed by atoms with E-state index in [1.165, 1.54) is 44.6 Å². The van der Waals surface area contributed by atoms with Crippen molar-refractivity contribution >= 4 is 11.8 Å². The molecule has 114 valence electrons. The fraction of sp³-hybridized carbons (Fsp3) is 1.00. The van der Waals surface area contributed by atoms with Crippen LogP contribution < -0.4 is 5.32 Å². The maximum Gasteiger partial charge on any atom is 0.0172 e. The van der Waals surface area contributed by atoms with E-state index in [2.05, 4.69) is 56.6 Å². The van der Waals surface area contributed by atoms with Gasteiger partial charge in [-0.2, -0.15) is 11.8 Å². The Kier molecular flexibility index (Phi) is 7.78. The number of rotatable bonds is 8. The molecule has 19 heavy (non-hydrogen) atoms. The first kappa shape index (κ1) is 17.3. The molecular weight excluding hydrogens is 252 g/mol. The molecule has 2 nitrogen and oxygen atoms in total. The highest BCUT2D eigenvalue weighted by Gasteiger charge is 2.30. The first-order valence-corrected chi connectivity index (χ1v) is 9.17. The summed E-state index contributed by atoms with van der Waals surface area (Å²) >= 11 is 2.17. The van der Waals surface area contributed by atoms with Gasteiger partial charge in [-0.3, -0.25) is 0 Å². The van der Waals surface area contributed by atoms with Gasteiger partial charge < -0.3 is 10.2 Å². The predicted molar refractivity (Wildman–Crippen MR) is 89.1 cm³/mol. The lowest BCUT2D eigenvalue weighted by molar-refractivity contribution is 0.134. The number of hydrogen-bond acceptors (Lipinski definition) is 3. The molecule has 1 rings (SSSR count). The first-order valence-electron chi connectivity index (χ1n) is 8.12. The molecule has 1 atom stereocenters. The van der Waals surface area contributed by atoms with E-state index in [1.54, 1.807) is 0 Å². The summed E-state index contributed by atoms with van der Waals surface area (Å²) in [5.41, 5.74) is 0.463. The van der Waals surface area contributed by atoms with Gasteiger partial charge in [-0.15, -0.1) is 0 Å². The summed E-state index contributed by atoms with van der Waals surface area (Å²) in [5.74, 6) is 1.32. The van der Waals surface area contributed by atoms with Crippen molar-refractivity contribution in [3.05, 3.63) is 0 Å². The van der Waals surface area contributed by atoms with Crippen LogP contribution in [0.1, 0.15) is 53.9 Å². The molecule has 0 amide bonds. The fourth-order valence-corrected chi connectivity index (χ4v) is 4.09. The number of thioether (sulfide) groups is 1. The number of nitrogens with zero attached hydrogens (tertiary/aromatic N) is 1. The molecule has 1 aliphatic heterocycles. The van der Waals surface area contributed by atoms with E-state index < -0.39 is 0 Å². The molecular formula is C16H34N2S. The van der Waals surface area contributed by atoms with Crippen LogP contribution in [-0.2, 0) is 0 Å². The standard InChI is InChI=1S/C16H34N2S/c1-6-15-11-18(9-10-19-15)13-16(7-2,8-3)12-17-14(4)5/h14-15,17H,6-13H2,1-5H3. The van der Waals surface area contributed by atoms with E-state index in [1.807, 2.05) is 0 Å². The van der Waals surface area contributed by atoms with Gasteiger partial charge in [0.15, 0.2) is 0 Å². The summed E-state index contributed by atoms with van der Waals surface area (Å²) < 4.78 is 0. The molecule has 1 aliphatic rings. The van der Waals surface area contributed by atoms with Crippen LogP contribution in [0.25, 0.3) is 0 Å². The van der Waals surface area contributed by atoms with E-state index in [0.717, 1.165) is 11.8 Å². The molecule has 1 unspecified atom stereocenters. The average molecular weight is 287 g/mol. The van der Waals surface area contributed by atoms with Gasteiger partial charge in [-0.25, -0.2) is 0 Å². The molecule has 0 aromatic rings. The topological polar surface area (TPSA) is 15.3 Å². The molecule has 1 N–H and O–H groups in total. The van der Waals surface area contributed by atoms with Crippen molar-refractivity contribution in [2.45, 2.75) is 65.2 Å². The molecule has 0 aromatic heterocycles. The third-order valence-electron chi connectivity index (χ3n) is 4.62. The molecule has 0 radical (unpaired) electrons. The van der Waals surface area contributed by atoms with Gasteiger partial charge in [0.1, 0.15) is 0 Å². The summed E-state index contributed by atoms with van der Waals surface area (Å²) in [7, 11) is 0. The quantitative estimate of drug-likeness (QED) is 0.734. The highest BCUT2D eigenvalue weighted by molar-refractivity contribution is 8.00. The minimum absolute atomic E-state index is 0.463. The second kappa shape index (κ2) is 8.53. The fourth-order valence-electron chi connectivity index (χ4n) is 2.85. The lowest BCUT2D eigenvalue weighted by Gasteiger charge is -2.41. The van der Waals surface area contributed by atoms with Gasteiger partial charge in [-0.1, -0.05) is 34.6 Å². The Hall–Kier alpha value is 0.270. The SMILES string of the molecule is CCC1CN(CC(CC)(CC)CNC(C)C)CCS1. The van der Waals surface area contributed by atoms with Crippen LogP contribution in [0.2, 0.25) is 0 Å². The molecule has 1 fully saturated rings. The molecule has 0 aliphatic carbocycles. The van der Waals surface area contributed by atoms with Crippen LogP contribution in [0.15, 0.2) is 0 Å². The van der Waals surface area contributed by atoms with Crippen LogP contribution in [0.3, 0.4) is 0 Å². The minimum Gasteiger partial charge on any atom is -0.314 e. The Morgan fingerprint density at radius 1 is 1.26 bits per heavy atom. The van der Waals surface area contributed by atoms with Gasteiger partial charge in [0.2, 0.25) is 0 Å². The molecule has 0 saturated carbocycles. The molecule has 1 heterocycles. The second-order valence-corrected chi connectivity index (χ2v) is 7.79. The van der Waals surface area contributed by atoms with Crippen LogP contribution in [0, 0.1) is 5.41 Å². The number of nitrogens with one attached hydrogen (secondary N) is 1. The summed E-state index contributed by atoms with van der Waals surface area (Å²) in [6.07, 6.45) is 3.88. The Balaban J connectivity index is 2.56. The van der Waals surface area contributed by atoms with Crippen molar-refractivity contribution < 1.29 is 0 Å². The van der Waals surface area contributed by atoms with E-state index in [9.17, 15) is 0 Å². The van der Waals surface area contributed by atoms with E-state index >= 15 is 0 Å². The lowest BCUT2D eigenvalue weighted by Crippen LogP contribution is -2.48. The van der Waals surface area contributed by atoms with Crippen LogP contribution in [-0.4, -0.2) is 48.1 Å². The minimum atomic E-state index is 0.463. The van der Waals surface area contributed by atoms with Gasteiger partial charge >= 0.3 is 0 Å². The normalized spacial score (nSPS) is 22.1. The highest BCUT2D eigenvalue weighted by Crippen LogP contribution is 2.30. The molecule has 0 spiro atoms. The van der Waals surface area contributed by atoms with Crippen LogP contribution >= 0.6 is 11.8 Å². The van der Waals surface area contributed by atoms with Crippen molar-refractivity contribution in [2.24, 2.45) is 5.41 Å². The predicted octanol–water partition coefficient (Wildman–Crippen LogP) is 3.62. The Bertz CT molecular complexity index is 239. The number of hydrogen-bond donors (Lipinski definition) is 1. The van der Waals surface area contributed by atoms with Crippen LogP contribution in [0.5, 0.6) is 0 Å². The van der Waals surface area contributed by atoms with Crippen molar-refractivity contribution in [3.8, 4) is 0 Å². The van der Waals surface area contributed by atoms with Crippen molar-refractivity contribution in [2.75, 3.05) is 31.9 Å². The lowest BCUT2D eigenvalue weighted by atomic mass is 9.81. The zero-order chi connectivity index (χ0) is 14.3. The Morgan fingerprint density at radius 2 is 1.95 bits per heavy atom. The maximum absolute atomic E-state index is 3.67. The van der Waals surface area contributed by atoms with Crippen LogP contribution in [0.4, 0.5) is 0 Å². The van der Waals surface area contributed by atoms with Crippen molar-refractivity contribution in [3.63, 3.8) is 0 Å². The van der Waals surface area contributed by atoms with Gasteiger partial charge in [0.25, 0.3) is 0 Å². The zero-order valence-electron chi connectivity index (χ0n) is 13.7. The Labute approximate surface area is 125 Å². The first-order chi connectivity index (χ1) is 9.05.